The molecule has 0 bridgehead atoms. The molecule has 22 heavy (non-hydrogen) atoms. The van der Waals surface area contributed by atoms with E-state index in [-0.39, 0.29) is 10.5 Å². The molecule has 0 spiro atoms. The molecule has 0 aliphatic rings. The lowest BCUT2D eigenvalue weighted by atomic mass is 9.87. The van der Waals surface area contributed by atoms with Crippen LogP contribution in [-0.4, -0.2) is 16.1 Å². The van der Waals surface area contributed by atoms with E-state index in [4.69, 9.17) is 0 Å². The van der Waals surface area contributed by atoms with Gasteiger partial charge in [-0.1, -0.05) is 44.2 Å². The van der Waals surface area contributed by atoms with Gasteiger partial charge in [0.15, 0.2) is 0 Å². The van der Waals surface area contributed by atoms with Crippen LogP contribution in [0.15, 0.2) is 24.3 Å². The number of carbonyl (C=O) groups excluding carboxylic acids is 1. The fourth-order valence-corrected chi connectivity index (χ4v) is 2.29. The minimum absolute atomic E-state index is 0.0458. The average Bonchev–Trinajstić information content (AvgIpc) is 2.86. The molecule has 0 radical (unpaired) electrons. The molecular formula is C14H14F3N3OS. The lowest BCUT2D eigenvalue weighted by Crippen LogP contribution is -2.14. The van der Waals surface area contributed by atoms with Crippen LogP contribution >= 0.6 is 11.3 Å². The van der Waals surface area contributed by atoms with Gasteiger partial charge < -0.3 is 0 Å². The first kappa shape index (κ1) is 16.4. The van der Waals surface area contributed by atoms with Gasteiger partial charge in [-0.15, -0.1) is 10.2 Å². The van der Waals surface area contributed by atoms with Crippen LogP contribution in [-0.2, 0) is 11.6 Å². The van der Waals surface area contributed by atoms with Crippen LogP contribution in [0.4, 0.5) is 18.3 Å². The van der Waals surface area contributed by atoms with Gasteiger partial charge in [0.05, 0.1) is 0 Å². The molecule has 0 fully saturated rings. The van der Waals surface area contributed by atoms with Crippen LogP contribution in [0.25, 0.3) is 0 Å². The Bertz CT molecular complexity index is 672. The summed E-state index contributed by atoms with van der Waals surface area (Å²) in [6.45, 7) is 6.13. The van der Waals surface area contributed by atoms with E-state index in [0.29, 0.717) is 16.9 Å². The zero-order valence-electron chi connectivity index (χ0n) is 12.2. The molecule has 0 atom stereocenters. The summed E-state index contributed by atoms with van der Waals surface area (Å²) in [5.41, 5.74) is 1.35. The first-order chi connectivity index (χ1) is 10.1. The summed E-state index contributed by atoms with van der Waals surface area (Å²) in [5, 5.41) is 7.37. The Morgan fingerprint density at radius 2 is 1.68 bits per heavy atom. The van der Waals surface area contributed by atoms with E-state index >= 15 is 0 Å². The molecule has 4 nitrogen and oxygen atoms in total. The van der Waals surface area contributed by atoms with Gasteiger partial charge in [-0.2, -0.15) is 13.2 Å². The molecule has 8 heteroatoms. The number of hydrogen-bond donors (Lipinski definition) is 1. The molecule has 1 heterocycles. The quantitative estimate of drug-likeness (QED) is 0.902. The number of aromatic nitrogens is 2. The van der Waals surface area contributed by atoms with Gasteiger partial charge in [0, 0.05) is 5.56 Å². The number of nitrogens with one attached hydrogen (secondary N) is 1. The van der Waals surface area contributed by atoms with Crippen molar-refractivity contribution in [3.63, 3.8) is 0 Å². The lowest BCUT2D eigenvalue weighted by Gasteiger charge is -2.18. The Hall–Kier alpha value is -1.96. The zero-order chi connectivity index (χ0) is 16.5. The van der Waals surface area contributed by atoms with Crippen molar-refractivity contribution in [3.8, 4) is 0 Å². The molecule has 0 saturated carbocycles. The lowest BCUT2D eigenvalue weighted by molar-refractivity contribution is -0.138. The fourth-order valence-electron chi connectivity index (χ4n) is 1.68. The van der Waals surface area contributed by atoms with E-state index in [9.17, 15) is 18.0 Å². The monoisotopic (exact) mass is 329 g/mol. The SMILES string of the molecule is CC(C)(C)c1ccc(C(=O)Nc2nnc(C(F)(F)F)s2)cc1. The summed E-state index contributed by atoms with van der Waals surface area (Å²) in [6.07, 6.45) is -4.56. The van der Waals surface area contributed by atoms with Crippen molar-refractivity contribution in [1.82, 2.24) is 10.2 Å². The highest BCUT2D eigenvalue weighted by atomic mass is 32.1. The van der Waals surface area contributed by atoms with Crippen LogP contribution in [0, 0.1) is 0 Å². The van der Waals surface area contributed by atoms with Gasteiger partial charge in [-0.25, -0.2) is 0 Å². The number of benzene rings is 1. The van der Waals surface area contributed by atoms with Crippen LogP contribution in [0.1, 0.15) is 41.7 Å². The Morgan fingerprint density at radius 3 is 2.14 bits per heavy atom. The van der Waals surface area contributed by atoms with Gasteiger partial charge >= 0.3 is 6.18 Å². The average molecular weight is 329 g/mol. The second-order valence-corrected chi connectivity index (χ2v) is 6.67. The molecule has 0 aliphatic heterocycles. The van der Waals surface area contributed by atoms with Crippen molar-refractivity contribution in [1.29, 1.82) is 0 Å². The topological polar surface area (TPSA) is 54.9 Å². The molecule has 1 aromatic heterocycles. The molecule has 0 aliphatic carbocycles. The van der Waals surface area contributed by atoms with Crippen molar-refractivity contribution in [3.05, 3.63) is 40.4 Å². The number of anilines is 1. The van der Waals surface area contributed by atoms with Crippen LogP contribution < -0.4 is 5.32 Å². The van der Waals surface area contributed by atoms with E-state index in [2.05, 4.69) is 15.5 Å². The number of halogens is 3. The van der Waals surface area contributed by atoms with Crippen LogP contribution in [0.2, 0.25) is 0 Å². The molecule has 118 valence electrons. The van der Waals surface area contributed by atoms with Crippen LogP contribution in [0.5, 0.6) is 0 Å². The number of hydrogen-bond acceptors (Lipinski definition) is 4. The summed E-state index contributed by atoms with van der Waals surface area (Å²) in [6, 6.07) is 6.88. The van der Waals surface area contributed by atoms with E-state index in [1.165, 1.54) is 0 Å². The first-order valence-electron chi connectivity index (χ1n) is 6.40. The number of nitrogens with zero attached hydrogens (tertiary/aromatic N) is 2. The van der Waals surface area contributed by atoms with Crippen molar-refractivity contribution in [2.45, 2.75) is 32.4 Å². The standard InChI is InChI=1S/C14H14F3N3OS/c1-13(2,3)9-6-4-8(5-7-9)10(21)18-12-20-19-11(22-12)14(15,16)17/h4-7H,1-3H3,(H,18,20,21). The highest BCUT2D eigenvalue weighted by Crippen LogP contribution is 2.33. The first-order valence-corrected chi connectivity index (χ1v) is 7.21. The Labute approximate surface area is 129 Å². The highest BCUT2D eigenvalue weighted by molar-refractivity contribution is 7.15. The second-order valence-electron chi connectivity index (χ2n) is 5.69. The number of alkyl halides is 3. The molecule has 0 unspecified atom stereocenters. The molecule has 2 rings (SSSR count). The molecule has 1 amide bonds. The van der Waals surface area contributed by atoms with Gasteiger partial charge in [-0.3, -0.25) is 10.1 Å². The highest BCUT2D eigenvalue weighted by Gasteiger charge is 2.35. The summed E-state index contributed by atoms with van der Waals surface area (Å²) in [7, 11) is 0. The molecule has 1 aromatic carbocycles. The zero-order valence-corrected chi connectivity index (χ0v) is 13.0. The Morgan fingerprint density at radius 1 is 1.09 bits per heavy atom. The third-order valence-electron chi connectivity index (χ3n) is 2.90. The summed E-state index contributed by atoms with van der Waals surface area (Å²) < 4.78 is 37.2. The van der Waals surface area contributed by atoms with Crippen molar-refractivity contribution >= 4 is 22.4 Å². The smallest absolute Gasteiger partial charge is 0.296 e. The summed E-state index contributed by atoms with van der Waals surface area (Å²) in [5.74, 6) is -0.523. The molecular weight excluding hydrogens is 315 g/mol. The van der Waals surface area contributed by atoms with Gasteiger partial charge in [0.2, 0.25) is 10.1 Å². The second kappa shape index (κ2) is 5.68. The van der Waals surface area contributed by atoms with Gasteiger partial charge in [0.1, 0.15) is 0 Å². The van der Waals surface area contributed by atoms with Crippen LogP contribution in [0.3, 0.4) is 0 Å². The molecule has 2 aromatic rings. The van der Waals surface area contributed by atoms with Crippen molar-refractivity contribution in [2.75, 3.05) is 5.32 Å². The summed E-state index contributed by atoms with van der Waals surface area (Å²) >= 11 is 0.291. The van der Waals surface area contributed by atoms with Crippen molar-refractivity contribution in [2.24, 2.45) is 0 Å². The van der Waals surface area contributed by atoms with E-state index in [1.807, 2.05) is 32.9 Å². The molecule has 1 N–H and O–H groups in total. The maximum Gasteiger partial charge on any atom is 0.445 e. The Balaban J connectivity index is 2.11. The minimum atomic E-state index is -4.56. The maximum absolute atomic E-state index is 12.4. The van der Waals surface area contributed by atoms with Gasteiger partial charge in [0.25, 0.3) is 5.91 Å². The predicted octanol–water partition coefficient (Wildman–Crippen LogP) is 4.11. The fraction of sp³-hybridized carbons (Fsp3) is 0.357. The minimum Gasteiger partial charge on any atom is -0.296 e. The third-order valence-corrected chi connectivity index (χ3v) is 3.78. The maximum atomic E-state index is 12.4. The predicted molar refractivity (Wildman–Crippen MR) is 78.0 cm³/mol. The van der Waals surface area contributed by atoms with E-state index in [1.54, 1.807) is 12.1 Å². The summed E-state index contributed by atoms with van der Waals surface area (Å²) in [4.78, 5) is 12.0. The number of amides is 1. The van der Waals surface area contributed by atoms with E-state index < -0.39 is 17.1 Å². The number of rotatable bonds is 2. The third kappa shape index (κ3) is 3.82. The number of carbonyl (C=O) groups is 1. The van der Waals surface area contributed by atoms with E-state index in [0.717, 1.165) is 5.56 Å². The van der Waals surface area contributed by atoms with Gasteiger partial charge in [-0.05, 0) is 23.1 Å². The largest absolute Gasteiger partial charge is 0.445 e. The molecule has 0 saturated heterocycles. The Kier molecular flexibility index (Phi) is 4.23. The normalized spacial score (nSPS) is 12.3. The van der Waals surface area contributed by atoms with Crippen molar-refractivity contribution < 1.29 is 18.0 Å².